The molecule has 0 bridgehead atoms. The molecule has 2 rings (SSSR count). The molecule has 0 amide bonds. The van der Waals surface area contributed by atoms with E-state index < -0.39 is 0 Å². The fraction of sp³-hybridized carbons (Fsp3) is 0.0833. The Morgan fingerprint density at radius 2 is 1.88 bits per heavy atom. The van der Waals surface area contributed by atoms with Crippen LogP contribution in [0.4, 0.5) is 0 Å². The number of hydrogen-bond donors (Lipinski definition) is 0. The van der Waals surface area contributed by atoms with Crippen LogP contribution in [-0.4, -0.2) is 7.11 Å². The van der Waals surface area contributed by atoms with Gasteiger partial charge in [-0.25, -0.2) is 0 Å². The summed E-state index contributed by atoms with van der Waals surface area (Å²) < 4.78 is 15.7. The van der Waals surface area contributed by atoms with Gasteiger partial charge in [0.1, 0.15) is 6.07 Å². The van der Waals surface area contributed by atoms with Crippen LogP contribution < -0.4 is 9.47 Å². The third kappa shape index (κ3) is 1.98. The molecule has 0 saturated carbocycles. The molecule has 0 aliphatic rings. The highest BCUT2D eigenvalue weighted by atomic mass is 16.6. The van der Waals surface area contributed by atoms with Crippen molar-refractivity contribution in [2.45, 2.75) is 0 Å². The van der Waals surface area contributed by atoms with Gasteiger partial charge in [-0.3, -0.25) is 0 Å². The van der Waals surface area contributed by atoms with Crippen molar-refractivity contribution < 1.29 is 13.9 Å². The summed E-state index contributed by atoms with van der Waals surface area (Å²) in [7, 11) is 1.56. The highest BCUT2D eigenvalue weighted by Crippen LogP contribution is 2.31. The monoisotopic (exact) mass is 215 g/mol. The predicted octanol–water partition coefficient (Wildman–Crippen LogP) is 2.95. The van der Waals surface area contributed by atoms with Crippen LogP contribution in [0.3, 0.4) is 0 Å². The maximum absolute atomic E-state index is 8.59. The summed E-state index contributed by atoms with van der Waals surface area (Å²) >= 11 is 0. The van der Waals surface area contributed by atoms with Gasteiger partial charge in [0, 0.05) is 6.07 Å². The number of hydrogen-bond acceptors (Lipinski definition) is 4. The van der Waals surface area contributed by atoms with Gasteiger partial charge in [0.25, 0.3) is 5.95 Å². The van der Waals surface area contributed by atoms with Crippen molar-refractivity contribution in [3.63, 3.8) is 0 Å². The minimum atomic E-state index is 0.213. The van der Waals surface area contributed by atoms with Crippen LogP contribution in [-0.2, 0) is 0 Å². The molecule has 0 N–H and O–H groups in total. The average Bonchev–Trinajstić information content (AvgIpc) is 2.77. The first-order valence-corrected chi connectivity index (χ1v) is 4.64. The Hall–Kier alpha value is -2.41. The molecule has 0 radical (unpaired) electrons. The summed E-state index contributed by atoms with van der Waals surface area (Å²) in [6.07, 6.45) is 0. The van der Waals surface area contributed by atoms with Crippen molar-refractivity contribution in [3.05, 3.63) is 42.2 Å². The minimum absolute atomic E-state index is 0.213. The normalized spacial score (nSPS) is 9.50. The van der Waals surface area contributed by atoms with Crippen molar-refractivity contribution in [1.29, 1.82) is 5.26 Å². The maximum Gasteiger partial charge on any atom is 0.291 e. The second-order valence-corrected chi connectivity index (χ2v) is 2.98. The van der Waals surface area contributed by atoms with Gasteiger partial charge in [-0.05, 0) is 18.2 Å². The van der Waals surface area contributed by atoms with E-state index in [0.717, 1.165) is 0 Å². The summed E-state index contributed by atoms with van der Waals surface area (Å²) in [4.78, 5) is 0. The predicted molar refractivity (Wildman–Crippen MR) is 56.5 cm³/mol. The van der Waals surface area contributed by atoms with Gasteiger partial charge in [-0.1, -0.05) is 12.1 Å². The zero-order valence-electron chi connectivity index (χ0n) is 8.64. The van der Waals surface area contributed by atoms with Gasteiger partial charge in [0.2, 0.25) is 5.76 Å². The van der Waals surface area contributed by atoms with E-state index >= 15 is 0 Å². The molecule has 1 aromatic carbocycles. The van der Waals surface area contributed by atoms with Crippen LogP contribution in [0.1, 0.15) is 5.76 Å². The highest BCUT2D eigenvalue weighted by molar-refractivity contribution is 5.41. The number of para-hydroxylation sites is 2. The molecule has 0 fully saturated rings. The average molecular weight is 215 g/mol. The maximum atomic E-state index is 8.59. The van der Waals surface area contributed by atoms with Crippen LogP contribution in [0.2, 0.25) is 0 Å². The molecule has 16 heavy (non-hydrogen) atoms. The van der Waals surface area contributed by atoms with Gasteiger partial charge in [-0.2, -0.15) is 5.26 Å². The number of nitriles is 1. The van der Waals surface area contributed by atoms with Gasteiger partial charge in [0.05, 0.1) is 7.11 Å². The molecule has 0 atom stereocenters. The molecular weight excluding hydrogens is 206 g/mol. The molecule has 4 heteroatoms. The van der Waals surface area contributed by atoms with Crippen molar-refractivity contribution in [1.82, 2.24) is 0 Å². The Balaban J connectivity index is 2.23. The molecule has 0 spiro atoms. The molecular formula is C12H9NO3. The van der Waals surface area contributed by atoms with E-state index in [0.29, 0.717) is 11.5 Å². The van der Waals surface area contributed by atoms with Gasteiger partial charge in [0.15, 0.2) is 11.5 Å². The summed E-state index contributed by atoms with van der Waals surface area (Å²) in [6.45, 7) is 0. The van der Waals surface area contributed by atoms with E-state index in [1.54, 1.807) is 31.4 Å². The molecule has 0 unspecified atom stereocenters. The summed E-state index contributed by atoms with van der Waals surface area (Å²) in [6, 6.07) is 12.2. The Kier molecular flexibility index (Phi) is 2.79. The zero-order chi connectivity index (χ0) is 11.4. The minimum Gasteiger partial charge on any atom is -0.493 e. The Labute approximate surface area is 92.6 Å². The first-order chi connectivity index (χ1) is 7.83. The van der Waals surface area contributed by atoms with Crippen molar-refractivity contribution >= 4 is 0 Å². The second kappa shape index (κ2) is 4.41. The van der Waals surface area contributed by atoms with Crippen LogP contribution in [0, 0.1) is 11.3 Å². The largest absolute Gasteiger partial charge is 0.493 e. The zero-order valence-corrected chi connectivity index (χ0v) is 8.64. The third-order valence-electron chi connectivity index (χ3n) is 1.97. The molecule has 80 valence electrons. The first kappa shape index (κ1) is 10.1. The Morgan fingerprint density at radius 3 is 2.50 bits per heavy atom. The van der Waals surface area contributed by atoms with E-state index in [9.17, 15) is 0 Å². The van der Waals surface area contributed by atoms with Crippen LogP contribution >= 0.6 is 0 Å². The molecule has 0 saturated heterocycles. The van der Waals surface area contributed by atoms with E-state index in [1.165, 1.54) is 0 Å². The van der Waals surface area contributed by atoms with E-state index in [-0.39, 0.29) is 11.7 Å². The number of furan rings is 1. The van der Waals surface area contributed by atoms with Crippen LogP contribution in [0.25, 0.3) is 0 Å². The lowest BCUT2D eigenvalue weighted by molar-refractivity contribution is 0.320. The van der Waals surface area contributed by atoms with E-state index in [2.05, 4.69) is 0 Å². The number of nitrogens with zero attached hydrogens (tertiary/aromatic N) is 1. The second-order valence-electron chi connectivity index (χ2n) is 2.98. The fourth-order valence-corrected chi connectivity index (χ4v) is 1.25. The Bertz CT molecular complexity index is 525. The lowest BCUT2D eigenvalue weighted by Gasteiger charge is -2.06. The molecule has 2 aromatic rings. The third-order valence-corrected chi connectivity index (χ3v) is 1.97. The summed E-state index contributed by atoms with van der Waals surface area (Å²) in [5, 5.41) is 8.59. The number of ether oxygens (including phenoxy) is 2. The summed E-state index contributed by atoms with van der Waals surface area (Å²) in [5.41, 5.74) is 0. The SMILES string of the molecule is COc1ccccc1Oc1ccc(C#N)o1. The van der Waals surface area contributed by atoms with Crippen molar-refractivity contribution in [2.75, 3.05) is 7.11 Å². The topological polar surface area (TPSA) is 55.4 Å². The molecule has 1 aromatic heterocycles. The van der Waals surface area contributed by atoms with E-state index in [4.69, 9.17) is 19.2 Å². The quantitative estimate of drug-likeness (QED) is 0.789. The molecule has 4 nitrogen and oxygen atoms in total. The lowest BCUT2D eigenvalue weighted by Crippen LogP contribution is -1.88. The van der Waals surface area contributed by atoms with Gasteiger partial charge < -0.3 is 13.9 Å². The smallest absolute Gasteiger partial charge is 0.291 e. The van der Waals surface area contributed by atoms with E-state index in [1.807, 2.05) is 18.2 Å². The molecule has 1 heterocycles. The number of methoxy groups -OCH3 is 1. The van der Waals surface area contributed by atoms with Crippen LogP contribution in [0.15, 0.2) is 40.8 Å². The van der Waals surface area contributed by atoms with Crippen molar-refractivity contribution in [2.24, 2.45) is 0 Å². The standard InChI is InChI=1S/C12H9NO3/c1-14-10-4-2-3-5-11(10)16-12-7-6-9(8-13)15-12/h2-7H,1H3. The highest BCUT2D eigenvalue weighted by Gasteiger charge is 2.07. The van der Waals surface area contributed by atoms with Gasteiger partial charge >= 0.3 is 0 Å². The number of benzene rings is 1. The van der Waals surface area contributed by atoms with Crippen LogP contribution in [0.5, 0.6) is 17.4 Å². The fourth-order valence-electron chi connectivity index (χ4n) is 1.25. The summed E-state index contributed by atoms with van der Waals surface area (Å²) in [5.74, 6) is 1.63. The number of rotatable bonds is 3. The van der Waals surface area contributed by atoms with Gasteiger partial charge in [-0.15, -0.1) is 0 Å². The first-order valence-electron chi connectivity index (χ1n) is 4.64. The van der Waals surface area contributed by atoms with Crippen molar-refractivity contribution in [3.8, 4) is 23.5 Å². The lowest BCUT2D eigenvalue weighted by atomic mass is 10.3. The molecule has 0 aliphatic carbocycles. The Morgan fingerprint density at radius 1 is 1.12 bits per heavy atom. The molecule has 0 aliphatic heterocycles.